The van der Waals surface area contributed by atoms with Gasteiger partial charge in [-0.05, 0) is 25.3 Å². The van der Waals surface area contributed by atoms with Gasteiger partial charge in [0.1, 0.15) is 0 Å². The fourth-order valence-electron chi connectivity index (χ4n) is 2.35. The molecule has 20 heavy (non-hydrogen) atoms. The van der Waals surface area contributed by atoms with E-state index in [0.717, 1.165) is 6.42 Å². The Morgan fingerprint density at radius 1 is 0.900 bits per heavy atom. The summed E-state index contributed by atoms with van der Waals surface area (Å²) in [5, 5.41) is 2.43. The lowest BCUT2D eigenvalue weighted by Crippen LogP contribution is -2.51. The van der Waals surface area contributed by atoms with E-state index in [1.54, 1.807) is 13.8 Å². The van der Waals surface area contributed by atoms with Crippen molar-refractivity contribution in [1.82, 2.24) is 5.32 Å². The third kappa shape index (κ3) is 6.81. The van der Waals surface area contributed by atoms with Crippen LogP contribution in [0.15, 0.2) is 0 Å². The molecule has 0 aromatic heterocycles. The monoisotopic (exact) mass is 307 g/mol. The Hall–Kier alpha value is -0.460. The maximum atomic E-state index is 12.8. The number of alkyl halides is 6. The van der Waals surface area contributed by atoms with Crippen molar-refractivity contribution in [3.63, 3.8) is 0 Å². The predicted octanol–water partition coefficient (Wildman–Crippen LogP) is 4.92. The molecule has 0 aliphatic heterocycles. The fourth-order valence-corrected chi connectivity index (χ4v) is 2.35. The van der Waals surface area contributed by atoms with Crippen LogP contribution in [0.25, 0.3) is 0 Å². The highest BCUT2D eigenvalue weighted by atomic mass is 19.4. The van der Waals surface area contributed by atoms with E-state index in [4.69, 9.17) is 0 Å². The van der Waals surface area contributed by atoms with Gasteiger partial charge in [-0.2, -0.15) is 26.3 Å². The van der Waals surface area contributed by atoms with Crippen LogP contribution in [0.5, 0.6) is 0 Å². The summed E-state index contributed by atoms with van der Waals surface area (Å²) >= 11 is 0. The second-order valence-electron chi connectivity index (χ2n) is 5.25. The van der Waals surface area contributed by atoms with Crippen molar-refractivity contribution in [1.29, 1.82) is 0 Å². The Morgan fingerprint density at radius 2 is 1.40 bits per heavy atom. The van der Waals surface area contributed by atoms with Crippen molar-refractivity contribution in [3.8, 4) is 0 Å². The molecular weight excluding hydrogens is 284 g/mol. The zero-order valence-electron chi connectivity index (χ0n) is 12.0. The van der Waals surface area contributed by atoms with Crippen LogP contribution in [0.2, 0.25) is 0 Å². The van der Waals surface area contributed by atoms with Crippen LogP contribution in [0.3, 0.4) is 0 Å². The summed E-state index contributed by atoms with van der Waals surface area (Å²) in [6.07, 6.45) is -8.85. The van der Waals surface area contributed by atoms with E-state index in [0.29, 0.717) is 12.8 Å². The first kappa shape index (κ1) is 19.5. The highest BCUT2D eigenvalue weighted by Gasteiger charge is 2.59. The SMILES string of the molecule is CCCNC(CC(C)CCC)C(C(F)(F)F)C(F)(F)F. The van der Waals surface area contributed by atoms with Crippen molar-refractivity contribution in [2.45, 2.75) is 64.8 Å². The average molecular weight is 307 g/mol. The number of halogens is 6. The third-order valence-electron chi connectivity index (χ3n) is 3.20. The van der Waals surface area contributed by atoms with E-state index < -0.39 is 24.3 Å². The summed E-state index contributed by atoms with van der Waals surface area (Å²) in [7, 11) is 0. The van der Waals surface area contributed by atoms with Gasteiger partial charge >= 0.3 is 12.4 Å². The summed E-state index contributed by atoms with van der Waals surface area (Å²) in [6, 6.07) is -1.61. The molecule has 0 heterocycles. The second-order valence-corrected chi connectivity index (χ2v) is 5.25. The number of nitrogens with one attached hydrogen (secondary N) is 1. The van der Waals surface area contributed by atoms with E-state index >= 15 is 0 Å². The molecular formula is C13H23F6N. The lowest BCUT2D eigenvalue weighted by atomic mass is 9.88. The minimum absolute atomic E-state index is 0.127. The number of hydrogen-bond donors (Lipinski definition) is 1. The Morgan fingerprint density at radius 3 is 1.75 bits per heavy atom. The van der Waals surface area contributed by atoms with Crippen LogP contribution >= 0.6 is 0 Å². The Balaban J connectivity index is 5.11. The molecule has 0 saturated heterocycles. The minimum atomic E-state index is -5.28. The van der Waals surface area contributed by atoms with Gasteiger partial charge in [0, 0.05) is 6.04 Å². The second kappa shape index (κ2) is 8.10. The van der Waals surface area contributed by atoms with Crippen LogP contribution < -0.4 is 5.32 Å². The number of rotatable bonds is 8. The average Bonchev–Trinajstić information content (AvgIpc) is 2.22. The normalized spacial score (nSPS) is 16.5. The van der Waals surface area contributed by atoms with Crippen molar-refractivity contribution in [2.24, 2.45) is 11.8 Å². The molecule has 7 heteroatoms. The molecule has 0 radical (unpaired) electrons. The van der Waals surface area contributed by atoms with Gasteiger partial charge in [-0.15, -0.1) is 0 Å². The molecule has 0 bridgehead atoms. The first-order valence-electron chi connectivity index (χ1n) is 6.90. The van der Waals surface area contributed by atoms with Crippen molar-refractivity contribution in [3.05, 3.63) is 0 Å². The summed E-state index contributed by atoms with van der Waals surface area (Å²) in [4.78, 5) is 0. The summed E-state index contributed by atoms with van der Waals surface area (Å²) in [5.74, 6) is -3.48. The topological polar surface area (TPSA) is 12.0 Å². The van der Waals surface area contributed by atoms with Gasteiger partial charge in [0.2, 0.25) is 0 Å². The molecule has 0 aromatic rings. The van der Waals surface area contributed by atoms with Crippen LogP contribution in [0.1, 0.15) is 46.5 Å². The zero-order valence-corrected chi connectivity index (χ0v) is 12.0. The van der Waals surface area contributed by atoms with Gasteiger partial charge in [-0.1, -0.05) is 33.6 Å². The molecule has 0 amide bonds. The molecule has 122 valence electrons. The molecule has 1 nitrogen and oxygen atoms in total. The molecule has 1 N–H and O–H groups in total. The Kier molecular flexibility index (Phi) is 7.91. The lowest BCUT2D eigenvalue weighted by Gasteiger charge is -2.33. The standard InChI is InChI=1S/C13H23F6N/c1-4-6-9(3)8-10(20-7-5-2)11(12(14,15)16)13(17,18)19/h9-11,20H,4-8H2,1-3H3. The van der Waals surface area contributed by atoms with Crippen LogP contribution in [0, 0.1) is 11.8 Å². The van der Waals surface area contributed by atoms with Crippen LogP contribution in [0.4, 0.5) is 26.3 Å². The van der Waals surface area contributed by atoms with E-state index in [1.807, 2.05) is 6.92 Å². The van der Waals surface area contributed by atoms with Gasteiger partial charge < -0.3 is 5.32 Å². The molecule has 0 aliphatic carbocycles. The predicted molar refractivity (Wildman–Crippen MR) is 66.4 cm³/mol. The van der Waals surface area contributed by atoms with E-state index in [2.05, 4.69) is 5.32 Å². The van der Waals surface area contributed by atoms with Crippen LogP contribution in [-0.2, 0) is 0 Å². The first-order valence-corrected chi connectivity index (χ1v) is 6.90. The highest BCUT2D eigenvalue weighted by Crippen LogP contribution is 2.43. The van der Waals surface area contributed by atoms with E-state index in [-0.39, 0.29) is 18.9 Å². The van der Waals surface area contributed by atoms with Crippen LogP contribution in [-0.4, -0.2) is 24.9 Å². The van der Waals surface area contributed by atoms with Gasteiger partial charge in [0.25, 0.3) is 0 Å². The van der Waals surface area contributed by atoms with Gasteiger partial charge in [-0.3, -0.25) is 0 Å². The van der Waals surface area contributed by atoms with Crippen molar-refractivity contribution < 1.29 is 26.3 Å². The van der Waals surface area contributed by atoms with Crippen molar-refractivity contribution in [2.75, 3.05) is 6.54 Å². The molecule has 2 unspecified atom stereocenters. The number of hydrogen-bond acceptors (Lipinski definition) is 1. The lowest BCUT2D eigenvalue weighted by molar-refractivity contribution is -0.292. The van der Waals surface area contributed by atoms with Gasteiger partial charge in [-0.25, -0.2) is 0 Å². The molecule has 0 rings (SSSR count). The molecule has 0 fully saturated rings. The smallest absolute Gasteiger partial charge is 0.313 e. The highest BCUT2D eigenvalue weighted by molar-refractivity contribution is 4.88. The van der Waals surface area contributed by atoms with E-state index in [9.17, 15) is 26.3 Å². The van der Waals surface area contributed by atoms with Gasteiger partial charge in [0.05, 0.1) is 0 Å². The first-order chi connectivity index (χ1) is 9.04. The molecule has 0 aromatic carbocycles. The molecule has 0 aliphatic rings. The Labute approximate surface area is 116 Å². The minimum Gasteiger partial charge on any atom is -0.313 e. The third-order valence-corrected chi connectivity index (χ3v) is 3.20. The molecule has 0 spiro atoms. The zero-order chi connectivity index (χ0) is 16.0. The van der Waals surface area contributed by atoms with Gasteiger partial charge in [0.15, 0.2) is 5.92 Å². The molecule has 2 atom stereocenters. The maximum Gasteiger partial charge on any atom is 0.401 e. The largest absolute Gasteiger partial charge is 0.401 e. The van der Waals surface area contributed by atoms with E-state index in [1.165, 1.54) is 0 Å². The summed E-state index contributed by atoms with van der Waals surface area (Å²) in [5.41, 5.74) is 0. The fraction of sp³-hybridized carbons (Fsp3) is 1.00. The summed E-state index contributed by atoms with van der Waals surface area (Å²) < 4.78 is 76.6. The summed E-state index contributed by atoms with van der Waals surface area (Å²) in [6.45, 7) is 5.39. The quantitative estimate of drug-likeness (QED) is 0.627. The molecule has 0 saturated carbocycles. The Bertz CT molecular complexity index is 247. The van der Waals surface area contributed by atoms with Crippen molar-refractivity contribution >= 4 is 0 Å². The maximum absolute atomic E-state index is 12.8.